The first-order chi connectivity index (χ1) is 10.2. The zero-order chi connectivity index (χ0) is 14.4. The summed E-state index contributed by atoms with van der Waals surface area (Å²) in [5, 5.41) is 12.8. The van der Waals surface area contributed by atoms with E-state index < -0.39 is 6.10 Å². The van der Waals surface area contributed by atoms with E-state index in [1.165, 1.54) is 31.2 Å². The second kappa shape index (κ2) is 4.82. The van der Waals surface area contributed by atoms with E-state index in [-0.39, 0.29) is 17.4 Å². The number of benzene rings is 1. The number of carbonyl (C=O) groups is 1. The van der Waals surface area contributed by atoms with Gasteiger partial charge in [0.15, 0.2) is 0 Å². The van der Waals surface area contributed by atoms with Crippen molar-refractivity contribution in [2.24, 2.45) is 0 Å². The van der Waals surface area contributed by atoms with Crippen LogP contribution in [0.1, 0.15) is 37.7 Å². The normalized spacial score (nSPS) is 30.0. The Balaban J connectivity index is 1.66. The van der Waals surface area contributed by atoms with E-state index in [2.05, 4.69) is 23.5 Å². The standard InChI is InChI=1S/C17H22N2O2/c20-12-9-14(18-10-12)16(21)19-11-17(7-3-4-8-17)13-5-1-2-6-15(13)19/h1-2,5-6,12,14,18,20H,3-4,7-11H2/t12-,14+/m0/s1. The lowest BCUT2D eigenvalue weighted by atomic mass is 9.81. The van der Waals surface area contributed by atoms with Crippen molar-refractivity contribution < 1.29 is 9.90 Å². The Hall–Kier alpha value is -1.39. The average Bonchev–Trinajstić information content (AvgIpc) is 3.20. The van der Waals surface area contributed by atoms with Gasteiger partial charge in [0, 0.05) is 24.2 Å². The number of carbonyl (C=O) groups excluding carboxylic acids is 1. The molecule has 2 N–H and O–H groups in total. The first-order valence-corrected chi connectivity index (χ1v) is 8.02. The lowest BCUT2D eigenvalue weighted by Gasteiger charge is -2.26. The fourth-order valence-electron chi connectivity index (χ4n) is 4.40. The quantitative estimate of drug-likeness (QED) is 0.824. The van der Waals surface area contributed by atoms with Crippen molar-refractivity contribution in [3.8, 4) is 0 Å². The third-order valence-electron chi connectivity index (χ3n) is 5.46. The number of hydrogen-bond acceptors (Lipinski definition) is 3. The minimum Gasteiger partial charge on any atom is -0.392 e. The summed E-state index contributed by atoms with van der Waals surface area (Å²) in [7, 11) is 0. The number of para-hydroxylation sites is 1. The van der Waals surface area contributed by atoms with Gasteiger partial charge in [0.05, 0.1) is 12.1 Å². The molecule has 3 aliphatic rings. The van der Waals surface area contributed by atoms with Gasteiger partial charge in [-0.1, -0.05) is 31.0 Å². The van der Waals surface area contributed by atoms with Gasteiger partial charge in [-0.25, -0.2) is 0 Å². The van der Waals surface area contributed by atoms with Crippen molar-refractivity contribution >= 4 is 11.6 Å². The zero-order valence-corrected chi connectivity index (χ0v) is 12.2. The molecule has 1 amide bonds. The van der Waals surface area contributed by atoms with E-state index in [0.29, 0.717) is 13.0 Å². The summed E-state index contributed by atoms with van der Waals surface area (Å²) in [6.45, 7) is 1.34. The van der Waals surface area contributed by atoms with Gasteiger partial charge in [-0.3, -0.25) is 4.79 Å². The summed E-state index contributed by atoms with van der Waals surface area (Å²) in [4.78, 5) is 14.8. The largest absolute Gasteiger partial charge is 0.392 e. The smallest absolute Gasteiger partial charge is 0.244 e. The van der Waals surface area contributed by atoms with E-state index in [1.54, 1.807) is 0 Å². The van der Waals surface area contributed by atoms with Crippen LogP contribution in [0.3, 0.4) is 0 Å². The highest BCUT2D eigenvalue weighted by Crippen LogP contribution is 2.50. The second-order valence-electron chi connectivity index (χ2n) is 6.78. The van der Waals surface area contributed by atoms with Crippen LogP contribution in [0, 0.1) is 0 Å². The van der Waals surface area contributed by atoms with E-state index in [0.717, 1.165) is 12.2 Å². The van der Waals surface area contributed by atoms with Crippen molar-refractivity contribution in [1.29, 1.82) is 0 Å². The van der Waals surface area contributed by atoms with Crippen LogP contribution in [0.2, 0.25) is 0 Å². The maximum absolute atomic E-state index is 12.8. The second-order valence-corrected chi connectivity index (χ2v) is 6.78. The van der Waals surface area contributed by atoms with E-state index in [1.807, 2.05) is 11.0 Å². The molecule has 4 rings (SSSR count). The number of aliphatic hydroxyl groups is 1. The molecule has 1 saturated heterocycles. The van der Waals surface area contributed by atoms with Gasteiger partial charge in [0.2, 0.25) is 5.91 Å². The Morgan fingerprint density at radius 2 is 2.05 bits per heavy atom. The molecular weight excluding hydrogens is 264 g/mol. The van der Waals surface area contributed by atoms with Crippen LogP contribution < -0.4 is 10.2 Å². The van der Waals surface area contributed by atoms with Gasteiger partial charge in [-0.05, 0) is 30.9 Å². The van der Waals surface area contributed by atoms with Gasteiger partial charge in [0.1, 0.15) is 0 Å². The molecule has 1 aromatic carbocycles. The molecule has 4 heteroatoms. The molecule has 112 valence electrons. The highest BCUT2D eigenvalue weighted by molar-refractivity contribution is 6.00. The van der Waals surface area contributed by atoms with Gasteiger partial charge in [-0.2, -0.15) is 0 Å². The first kappa shape index (κ1) is 13.3. The van der Waals surface area contributed by atoms with Crippen molar-refractivity contribution in [2.45, 2.75) is 49.7 Å². The Morgan fingerprint density at radius 1 is 1.29 bits per heavy atom. The molecule has 2 atom stereocenters. The number of β-amino-alcohol motifs (C(OH)–C–C–N with tert-alkyl or cyclic N) is 1. The van der Waals surface area contributed by atoms with Crippen molar-refractivity contribution in [3.05, 3.63) is 29.8 Å². The van der Waals surface area contributed by atoms with Crippen LogP contribution in [0.4, 0.5) is 5.69 Å². The highest BCUT2D eigenvalue weighted by atomic mass is 16.3. The van der Waals surface area contributed by atoms with Crippen LogP contribution in [0.25, 0.3) is 0 Å². The number of aliphatic hydroxyl groups excluding tert-OH is 1. The fraction of sp³-hybridized carbons (Fsp3) is 0.588. The van der Waals surface area contributed by atoms with E-state index in [9.17, 15) is 9.90 Å². The molecule has 0 aromatic heterocycles. The van der Waals surface area contributed by atoms with E-state index in [4.69, 9.17) is 0 Å². The van der Waals surface area contributed by atoms with Crippen LogP contribution in [-0.4, -0.2) is 36.2 Å². The summed E-state index contributed by atoms with van der Waals surface area (Å²) in [6.07, 6.45) is 5.04. The average molecular weight is 286 g/mol. The zero-order valence-electron chi connectivity index (χ0n) is 12.2. The van der Waals surface area contributed by atoms with Gasteiger partial charge in [-0.15, -0.1) is 0 Å². The van der Waals surface area contributed by atoms with Crippen LogP contribution in [0.15, 0.2) is 24.3 Å². The highest BCUT2D eigenvalue weighted by Gasteiger charge is 2.47. The van der Waals surface area contributed by atoms with Crippen LogP contribution >= 0.6 is 0 Å². The molecule has 21 heavy (non-hydrogen) atoms. The minimum absolute atomic E-state index is 0.128. The summed E-state index contributed by atoms with van der Waals surface area (Å²) in [6, 6.07) is 8.15. The molecular formula is C17H22N2O2. The molecule has 1 spiro atoms. The number of nitrogens with one attached hydrogen (secondary N) is 1. The summed E-state index contributed by atoms with van der Waals surface area (Å²) >= 11 is 0. The molecule has 0 unspecified atom stereocenters. The maximum atomic E-state index is 12.8. The summed E-state index contributed by atoms with van der Waals surface area (Å²) < 4.78 is 0. The van der Waals surface area contributed by atoms with Crippen molar-refractivity contribution in [2.75, 3.05) is 18.0 Å². The maximum Gasteiger partial charge on any atom is 0.244 e. The first-order valence-electron chi connectivity index (χ1n) is 8.02. The number of anilines is 1. The predicted octanol–water partition coefficient (Wildman–Crippen LogP) is 1.57. The third kappa shape index (κ3) is 2.00. The van der Waals surface area contributed by atoms with Crippen molar-refractivity contribution in [1.82, 2.24) is 5.32 Å². The molecule has 2 aliphatic heterocycles. The molecule has 0 bridgehead atoms. The Labute approximate surface area is 125 Å². The lowest BCUT2D eigenvalue weighted by Crippen LogP contribution is -2.45. The number of hydrogen-bond donors (Lipinski definition) is 2. The molecule has 4 nitrogen and oxygen atoms in total. The minimum atomic E-state index is -0.391. The third-order valence-corrected chi connectivity index (χ3v) is 5.46. The topological polar surface area (TPSA) is 52.6 Å². The number of nitrogens with zero attached hydrogens (tertiary/aromatic N) is 1. The Morgan fingerprint density at radius 3 is 2.76 bits per heavy atom. The summed E-state index contributed by atoms with van der Waals surface area (Å²) in [5.41, 5.74) is 2.63. The number of amides is 1. The molecule has 2 heterocycles. The van der Waals surface area contributed by atoms with Crippen LogP contribution in [0.5, 0.6) is 0 Å². The monoisotopic (exact) mass is 286 g/mol. The Bertz CT molecular complexity index is 566. The fourth-order valence-corrected chi connectivity index (χ4v) is 4.40. The van der Waals surface area contributed by atoms with Gasteiger partial charge < -0.3 is 15.3 Å². The van der Waals surface area contributed by atoms with Gasteiger partial charge in [0.25, 0.3) is 0 Å². The Kier molecular flexibility index (Phi) is 3.05. The van der Waals surface area contributed by atoms with Crippen molar-refractivity contribution in [3.63, 3.8) is 0 Å². The van der Waals surface area contributed by atoms with Gasteiger partial charge >= 0.3 is 0 Å². The molecule has 1 aliphatic carbocycles. The lowest BCUT2D eigenvalue weighted by molar-refractivity contribution is -0.120. The number of rotatable bonds is 1. The molecule has 2 fully saturated rings. The SMILES string of the molecule is O=C([C@H]1C[C@H](O)CN1)N1CC2(CCCC2)c2ccccc21. The molecule has 0 radical (unpaired) electrons. The van der Waals surface area contributed by atoms with E-state index >= 15 is 0 Å². The predicted molar refractivity (Wildman–Crippen MR) is 81.4 cm³/mol. The van der Waals surface area contributed by atoms with Crippen LogP contribution in [-0.2, 0) is 10.2 Å². The summed E-state index contributed by atoms with van der Waals surface area (Å²) in [5.74, 6) is 0.128. The number of fused-ring (bicyclic) bond motifs is 2. The molecule has 1 saturated carbocycles. The molecule has 1 aromatic rings.